The van der Waals surface area contributed by atoms with Crippen molar-refractivity contribution < 1.29 is 12.8 Å². The summed E-state index contributed by atoms with van der Waals surface area (Å²) in [5, 5.41) is 0. The smallest absolute Gasteiger partial charge is 0.266 e. The summed E-state index contributed by atoms with van der Waals surface area (Å²) in [6.45, 7) is 1.45. The first-order valence-electron chi connectivity index (χ1n) is 5.49. The topological polar surface area (TPSA) is 85.1 Å². The van der Waals surface area contributed by atoms with E-state index in [4.69, 9.17) is 5.73 Å². The van der Waals surface area contributed by atoms with Crippen molar-refractivity contribution in [2.24, 2.45) is 0 Å². The summed E-state index contributed by atoms with van der Waals surface area (Å²) in [5.74, 6) is -0.739. The fourth-order valence-electron chi connectivity index (χ4n) is 1.59. The molecule has 0 saturated carbocycles. The van der Waals surface area contributed by atoms with Crippen LogP contribution in [-0.4, -0.2) is 13.4 Å². The molecule has 0 spiro atoms. The minimum atomic E-state index is -4.08. The number of benzene rings is 1. The minimum absolute atomic E-state index is 0.0904. The number of nitrogens with one attached hydrogen (secondary N) is 1. The standard InChI is InChI=1S/C12H11BrFN3O2S/c1-7-4-9(15)5-10(12(7)14)20(18,19)17-11-3-2-8(13)6-16-11/h2-6H,15H2,1H3,(H,16,17). The van der Waals surface area contributed by atoms with E-state index in [1.54, 1.807) is 6.07 Å². The quantitative estimate of drug-likeness (QED) is 0.825. The molecule has 106 valence electrons. The number of aryl methyl sites for hydroxylation is 1. The Labute approximate surface area is 124 Å². The van der Waals surface area contributed by atoms with Gasteiger partial charge in [0.15, 0.2) is 0 Å². The number of halogens is 2. The highest BCUT2D eigenvalue weighted by molar-refractivity contribution is 9.10. The zero-order valence-electron chi connectivity index (χ0n) is 10.4. The molecule has 1 aromatic heterocycles. The number of rotatable bonds is 3. The molecule has 0 saturated heterocycles. The monoisotopic (exact) mass is 359 g/mol. The highest BCUT2D eigenvalue weighted by Crippen LogP contribution is 2.23. The summed E-state index contributed by atoms with van der Waals surface area (Å²) >= 11 is 3.18. The molecule has 2 aromatic rings. The highest BCUT2D eigenvalue weighted by Gasteiger charge is 2.21. The number of pyridine rings is 1. The molecule has 0 unspecified atom stereocenters. The lowest BCUT2D eigenvalue weighted by atomic mass is 10.2. The van der Waals surface area contributed by atoms with Gasteiger partial charge >= 0.3 is 0 Å². The van der Waals surface area contributed by atoms with Crippen LogP contribution in [0.1, 0.15) is 5.56 Å². The second-order valence-corrected chi connectivity index (χ2v) is 6.68. The first kappa shape index (κ1) is 14.7. The Bertz CT molecular complexity index is 748. The van der Waals surface area contributed by atoms with Gasteiger partial charge in [0.2, 0.25) is 0 Å². The Balaban J connectivity index is 2.43. The van der Waals surface area contributed by atoms with Crippen molar-refractivity contribution in [2.75, 3.05) is 10.5 Å². The highest BCUT2D eigenvalue weighted by atomic mass is 79.9. The van der Waals surface area contributed by atoms with Crippen LogP contribution in [0.4, 0.5) is 15.9 Å². The maximum Gasteiger partial charge on any atom is 0.266 e. The third-order valence-electron chi connectivity index (χ3n) is 2.50. The van der Waals surface area contributed by atoms with Gasteiger partial charge in [0, 0.05) is 16.4 Å². The average Bonchev–Trinajstić information content (AvgIpc) is 2.36. The van der Waals surface area contributed by atoms with Gasteiger partial charge in [0.1, 0.15) is 16.5 Å². The number of aromatic nitrogens is 1. The lowest BCUT2D eigenvalue weighted by Crippen LogP contribution is -2.16. The van der Waals surface area contributed by atoms with Crippen molar-refractivity contribution in [2.45, 2.75) is 11.8 Å². The van der Waals surface area contributed by atoms with E-state index in [-0.39, 0.29) is 17.1 Å². The molecule has 1 heterocycles. The SMILES string of the molecule is Cc1cc(N)cc(S(=O)(=O)Nc2ccc(Br)cn2)c1F. The van der Waals surface area contributed by atoms with Crippen LogP contribution < -0.4 is 10.5 Å². The zero-order valence-corrected chi connectivity index (χ0v) is 12.8. The Morgan fingerprint density at radius 3 is 2.65 bits per heavy atom. The number of sulfonamides is 1. The molecule has 0 amide bonds. The Hall–Kier alpha value is -1.67. The number of anilines is 2. The van der Waals surface area contributed by atoms with Crippen LogP contribution in [0.15, 0.2) is 39.8 Å². The number of hydrogen-bond donors (Lipinski definition) is 2. The van der Waals surface area contributed by atoms with Crippen LogP contribution in [-0.2, 0) is 10.0 Å². The van der Waals surface area contributed by atoms with E-state index in [1.165, 1.54) is 25.3 Å². The van der Waals surface area contributed by atoms with E-state index in [0.717, 1.165) is 6.07 Å². The summed E-state index contributed by atoms with van der Waals surface area (Å²) in [7, 11) is -4.08. The van der Waals surface area contributed by atoms with Gasteiger partial charge in [-0.3, -0.25) is 4.72 Å². The number of nitrogen functional groups attached to an aromatic ring is 1. The van der Waals surface area contributed by atoms with Gasteiger partial charge in [-0.25, -0.2) is 17.8 Å². The second kappa shape index (κ2) is 5.37. The molecule has 2 rings (SSSR count). The molecule has 3 N–H and O–H groups in total. The Kier molecular flexibility index (Phi) is 3.96. The predicted molar refractivity (Wildman–Crippen MR) is 78.3 cm³/mol. The lowest BCUT2D eigenvalue weighted by Gasteiger charge is -2.10. The fourth-order valence-corrected chi connectivity index (χ4v) is 3.02. The predicted octanol–water partition coefficient (Wildman–Crippen LogP) is 2.67. The molecule has 0 aliphatic heterocycles. The fraction of sp³-hybridized carbons (Fsp3) is 0.0833. The number of nitrogens with zero attached hydrogens (tertiary/aromatic N) is 1. The van der Waals surface area contributed by atoms with Crippen molar-refractivity contribution in [3.05, 3.63) is 46.3 Å². The summed E-state index contributed by atoms with van der Waals surface area (Å²) in [5.41, 5.74) is 5.89. The van der Waals surface area contributed by atoms with Crippen molar-refractivity contribution in [3.8, 4) is 0 Å². The summed E-state index contributed by atoms with van der Waals surface area (Å²) in [4.78, 5) is 3.37. The lowest BCUT2D eigenvalue weighted by molar-refractivity contribution is 0.565. The van der Waals surface area contributed by atoms with E-state index in [2.05, 4.69) is 25.6 Å². The second-order valence-electron chi connectivity index (χ2n) is 4.12. The first-order chi connectivity index (χ1) is 9.29. The van der Waals surface area contributed by atoms with E-state index in [1.807, 2.05) is 0 Å². The minimum Gasteiger partial charge on any atom is -0.399 e. The van der Waals surface area contributed by atoms with Crippen LogP contribution in [0, 0.1) is 12.7 Å². The molecule has 20 heavy (non-hydrogen) atoms. The molecule has 1 aromatic carbocycles. The van der Waals surface area contributed by atoms with Gasteiger partial charge < -0.3 is 5.73 Å². The number of hydrogen-bond acceptors (Lipinski definition) is 4. The van der Waals surface area contributed by atoms with Crippen LogP contribution in [0.2, 0.25) is 0 Å². The Morgan fingerprint density at radius 2 is 2.05 bits per heavy atom. The maximum absolute atomic E-state index is 13.9. The van der Waals surface area contributed by atoms with E-state index in [9.17, 15) is 12.8 Å². The van der Waals surface area contributed by atoms with E-state index in [0.29, 0.717) is 4.47 Å². The first-order valence-corrected chi connectivity index (χ1v) is 7.77. The van der Waals surface area contributed by atoms with Gasteiger partial charge in [-0.2, -0.15) is 0 Å². The summed E-state index contributed by atoms with van der Waals surface area (Å²) in [6.07, 6.45) is 1.43. The molecule has 8 heteroatoms. The molecule has 0 radical (unpaired) electrons. The van der Waals surface area contributed by atoms with Crippen molar-refractivity contribution in [3.63, 3.8) is 0 Å². The van der Waals surface area contributed by atoms with E-state index < -0.39 is 20.7 Å². The maximum atomic E-state index is 13.9. The molecule has 0 aliphatic carbocycles. The molecule has 0 fully saturated rings. The third-order valence-corrected chi connectivity index (χ3v) is 4.32. The third kappa shape index (κ3) is 3.07. The van der Waals surface area contributed by atoms with Gasteiger partial charge in [0.25, 0.3) is 10.0 Å². The van der Waals surface area contributed by atoms with Gasteiger partial charge in [-0.05, 0) is 52.7 Å². The van der Waals surface area contributed by atoms with Gasteiger partial charge in [-0.1, -0.05) is 0 Å². The average molecular weight is 360 g/mol. The van der Waals surface area contributed by atoms with Crippen molar-refractivity contribution in [1.29, 1.82) is 0 Å². The van der Waals surface area contributed by atoms with Gasteiger partial charge in [-0.15, -0.1) is 0 Å². The normalized spacial score (nSPS) is 11.3. The van der Waals surface area contributed by atoms with Crippen molar-refractivity contribution in [1.82, 2.24) is 4.98 Å². The Morgan fingerprint density at radius 1 is 1.35 bits per heavy atom. The summed E-state index contributed by atoms with van der Waals surface area (Å²) in [6, 6.07) is 5.51. The molecule has 0 bridgehead atoms. The number of nitrogens with two attached hydrogens (primary N) is 1. The van der Waals surface area contributed by atoms with Crippen LogP contribution in [0.3, 0.4) is 0 Å². The molecule has 0 aliphatic rings. The van der Waals surface area contributed by atoms with Gasteiger partial charge in [0.05, 0.1) is 0 Å². The molecular formula is C12H11BrFN3O2S. The van der Waals surface area contributed by atoms with Crippen molar-refractivity contribution >= 4 is 37.5 Å². The van der Waals surface area contributed by atoms with E-state index >= 15 is 0 Å². The molecule has 5 nitrogen and oxygen atoms in total. The largest absolute Gasteiger partial charge is 0.399 e. The molecule has 0 atom stereocenters. The molecular weight excluding hydrogens is 349 g/mol. The van der Waals surface area contributed by atoms with Crippen LogP contribution in [0.25, 0.3) is 0 Å². The van der Waals surface area contributed by atoms with Crippen LogP contribution >= 0.6 is 15.9 Å². The summed E-state index contributed by atoms with van der Waals surface area (Å²) < 4.78 is 41.2. The van der Waals surface area contributed by atoms with Crippen LogP contribution in [0.5, 0.6) is 0 Å². The zero-order chi connectivity index (χ0) is 14.9.